The summed E-state index contributed by atoms with van der Waals surface area (Å²) in [7, 11) is 0. The summed E-state index contributed by atoms with van der Waals surface area (Å²) in [6, 6.07) is 0.812. The molecule has 1 saturated heterocycles. The molecule has 2 rings (SSSR count). The summed E-state index contributed by atoms with van der Waals surface area (Å²) in [5.41, 5.74) is 0.796. The van der Waals surface area contributed by atoms with Crippen LogP contribution in [0.15, 0.2) is 0 Å². The average molecular weight is 252 g/mol. The first kappa shape index (κ1) is 14.3. The van der Waals surface area contributed by atoms with E-state index in [-0.39, 0.29) is 0 Å². The van der Waals surface area contributed by atoms with Gasteiger partial charge in [-0.25, -0.2) is 0 Å². The average Bonchev–Trinajstić information content (AvgIpc) is 3.10. The normalized spacial score (nSPS) is 34.8. The molecule has 18 heavy (non-hydrogen) atoms. The number of nitrogens with zero attached hydrogens (tertiary/aromatic N) is 1. The van der Waals surface area contributed by atoms with Gasteiger partial charge in [0.1, 0.15) is 0 Å². The number of rotatable bonds is 4. The fourth-order valence-electron chi connectivity index (χ4n) is 3.01. The molecule has 2 aliphatic rings. The van der Waals surface area contributed by atoms with E-state index in [0.29, 0.717) is 11.0 Å². The van der Waals surface area contributed by atoms with Crippen LogP contribution < -0.4 is 5.32 Å². The van der Waals surface area contributed by atoms with E-state index in [1.807, 2.05) is 0 Å². The Hall–Kier alpha value is -0.0800. The lowest BCUT2D eigenvalue weighted by molar-refractivity contribution is 0.0633. The number of nitrogens with one attached hydrogen (secondary N) is 1. The fraction of sp³-hybridized carbons (Fsp3) is 1.00. The molecule has 106 valence electrons. The lowest BCUT2D eigenvalue weighted by Gasteiger charge is -2.47. The molecular formula is C16H32N2. The third-order valence-electron chi connectivity index (χ3n) is 4.85. The van der Waals surface area contributed by atoms with Crippen molar-refractivity contribution >= 4 is 0 Å². The Morgan fingerprint density at radius 2 is 1.94 bits per heavy atom. The number of piperazine rings is 1. The van der Waals surface area contributed by atoms with E-state index in [2.05, 4.69) is 44.8 Å². The van der Waals surface area contributed by atoms with Crippen LogP contribution in [0.25, 0.3) is 0 Å². The molecule has 2 nitrogen and oxygen atoms in total. The molecule has 1 saturated carbocycles. The quantitative estimate of drug-likeness (QED) is 0.826. The molecule has 1 N–H and O–H groups in total. The molecule has 0 spiro atoms. The van der Waals surface area contributed by atoms with Crippen LogP contribution >= 0.6 is 0 Å². The van der Waals surface area contributed by atoms with Gasteiger partial charge in [-0.15, -0.1) is 0 Å². The molecule has 0 amide bonds. The first-order valence-corrected chi connectivity index (χ1v) is 7.82. The minimum atomic E-state index is 0.337. The first-order valence-electron chi connectivity index (χ1n) is 7.82. The van der Waals surface area contributed by atoms with Gasteiger partial charge in [-0.1, -0.05) is 27.7 Å². The topological polar surface area (TPSA) is 15.3 Å². The summed E-state index contributed by atoms with van der Waals surface area (Å²) in [5, 5.41) is 3.80. The van der Waals surface area contributed by atoms with Crippen molar-refractivity contribution in [1.82, 2.24) is 10.2 Å². The largest absolute Gasteiger partial charge is 0.309 e. The molecular weight excluding hydrogens is 220 g/mol. The molecule has 0 aromatic carbocycles. The molecule has 1 aliphatic carbocycles. The summed E-state index contributed by atoms with van der Waals surface area (Å²) in [4.78, 5) is 2.79. The van der Waals surface area contributed by atoms with Crippen molar-refractivity contribution in [3.63, 3.8) is 0 Å². The van der Waals surface area contributed by atoms with Gasteiger partial charge in [0.2, 0.25) is 0 Å². The van der Waals surface area contributed by atoms with Gasteiger partial charge in [0.15, 0.2) is 0 Å². The summed E-state index contributed by atoms with van der Waals surface area (Å²) >= 11 is 0. The maximum absolute atomic E-state index is 3.80. The van der Waals surface area contributed by atoms with Crippen molar-refractivity contribution in [2.45, 2.75) is 71.9 Å². The van der Waals surface area contributed by atoms with Gasteiger partial charge in [0.05, 0.1) is 0 Å². The summed E-state index contributed by atoms with van der Waals surface area (Å²) < 4.78 is 0. The van der Waals surface area contributed by atoms with Crippen LogP contribution in [0.2, 0.25) is 0 Å². The lowest BCUT2D eigenvalue weighted by atomic mass is 9.88. The summed E-state index contributed by atoms with van der Waals surface area (Å²) in [5.74, 6) is 0.985. The van der Waals surface area contributed by atoms with Gasteiger partial charge in [0.25, 0.3) is 0 Å². The highest BCUT2D eigenvalue weighted by Crippen LogP contribution is 2.38. The van der Waals surface area contributed by atoms with E-state index in [9.17, 15) is 0 Å². The van der Waals surface area contributed by atoms with Gasteiger partial charge in [-0.3, -0.25) is 4.90 Å². The molecule has 1 aliphatic heterocycles. The Kier molecular flexibility index (Phi) is 4.08. The van der Waals surface area contributed by atoms with E-state index in [0.717, 1.165) is 12.0 Å². The van der Waals surface area contributed by atoms with Crippen LogP contribution in [0.1, 0.15) is 60.3 Å². The van der Waals surface area contributed by atoms with Crippen molar-refractivity contribution in [3.8, 4) is 0 Å². The van der Waals surface area contributed by atoms with Crippen molar-refractivity contribution in [1.29, 1.82) is 0 Å². The van der Waals surface area contributed by atoms with Crippen molar-refractivity contribution in [2.24, 2.45) is 11.3 Å². The summed E-state index contributed by atoms with van der Waals surface area (Å²) in [6.45, 7) is 15.5. The van der Waals surface area contributed by atoms with E-state index >= 15 is 0 Å². The number of hydrogen-bond donors (Lipinski definition) is 1. The summed E-state index contributed by atoms with van der Waals surface area (Å²) in [6.07, 6.45) is 5.47. The van der Waals surface area contributed by atoms with Crippen LogP contribution in [0, 0.1) is 11.3 Å². The first-order chi connectivity index (χ1) is 8.33. The zero-order chi connectivity index (χ0) is 13.4. The Bertz CT molecular complexity index is 277. The lowest BCUT2D eigenvalue weighted by Crippen LogP contribution is -2.63. The molecule has 1 heterocycles. The van der Waals surface area contributed by atoms with E-state index in [4.69, 9.17) is 0 Å². The molecule has 2 unspecified atom stereocenters. The highest BCUT2D eigenvalue weighted by atomic mass is 15.3. The monoisotopic (exact) mass is 252 g/mol. The molecule has 0 bridgehead atoms. The SMILES string of the molecule is CCC1(C)CN(CCC(C)(C)C)C(C2CC2)CN1. The Labute approximate surface area is 114 Å². The van der Waals surface area contributed by atoms with E-state index in [1.165, 1.54) is 45.3 Å². The Balaban J connectivity index is 1.96. The second kappa shape index (κ2) is 5.13. The predicted molar refractivity (Wildman–Crippen MR) is 78.9 cm³/mol. The van der Waals surface area contributed by atoms with Crippen LogP contribution in [0.3, 0.4) is 0 Å². The zero-order valence-corrected chi connectivity index (χ0v) is 13.1. The Morgan fingerprint density at radius 1 is 1.28 bits per heavy atom. The third kappa shape index (κ3) is 3.71. The zero-order valence-electron chi connectivity index (χ0n) is 13.1. The second-order valence-corrected chi connectivity index (χ2v) is 7.98. The second-order valence-electron chi connectivity index (χ2n) is 7.98. The smallest absolute Gasteiger partial charge is 0.0278 e. The molecule has 0 aromatic heterocycles. The van der Waals surface area contributed by atoms with Gasteiger partial charge < -0.3 is 5.32 Å². The van der Waals surface area contributed by atoms with Gasteiger partial charge in [-0.2, -0.15) is 0 Å². The molecule has 2 fully saturated rings. The predicted octanol–water partition coefficient (Wildman–Crippen LogP) is 3.28. The maximum atomic E-state index is 3.80. The third-order valence-corrected chi connectivity index (χ3v) is 4.85. The van der Waals surface area contributed by atoms with Crippen molar-refractivity contribution < 1.29 is 0 Å². The van der Waals surface area contributed by atoms with Crippen LogP contribution in [-0.2, 0) is 0 Å². The van der Waals surface area contributed by atoms with Gasteiger partial charge in [-0.05, 0) is 50.5 Å². The molecule has 2 heteroatoms. The highest BCUT2D eigenvalue weighted by molar-refractivity contribution is 4.99. The fourth-order valence-corrected chi connectivity index (χ4v) is 3.01. The minimum Gasteiger partial charge on any atom is -0.309 e. The minimum absolute atomic E-state index is 0.337. The highest BCUT2D eigenvalue weighted by Gasteiger charge is 2.41. The van der Waals surface area contributed by atoms with E-state index < -0.39 is 0 Å². The number of hydrogen-bond acceptors (Lipinski definition) is 2. The molecule has 0 radical (unpaired) electrons. The maximum Gasteiger partial charge on any atom is 0.0278 e. The molecule has 0 aromatic rings. The van der Waals surface area contributed by atoms with Crippen LogP contribution in [0.4, 0.5) is 0 Å². The standard InChI is InChI=1S/C16H32N2/c1-6-16(5)12-18(10-9-15(2,3)4)14(11-17-16)13-7-8-13/h13-14,17H,6-12H2,1-5H3. The van der Waals surface area contributed by atoms with Crippen molar-refractivity contribution in [3.05, 3.63) is 0 Å². The van der Waals surface area contributed by atoms with Gasteiger partial charge in [0, 0.05) is 24.7 Å². The van der Waals surface area contributed by atoms with Crippen molar-refractivity contribution in [2.75, 3.05) is 19.6 Å². The van der Waals surface area contributed by atoms with E-state index in [1.54, 1.807) is 0 Å². The Morgan fingerprint density at radius 3 is 2.44 bits per heavy atom. The van der Waals surface area contributed by atoms with Crippen LogP contribution in [-0.4, -0.2) is 36.1 Å². The van der Waals surface area contributed by atoms with Crippen LogP contribution in [0.5, 0.6) is 0 Å². The van der Waals surface area contributed by atoms with Gasteiger partial charge >= 0.3 is 0 Å². The molecule has 2 atom stereocenters.